The molecule has 1 atom stereocenters. The highest BCUT2D eigenvalue weighted by atomic mass is 16.2. The number of carbonyl (C=O) groups excluding carboxylic acids is 1. The minimum absolute atomic E-state index is 0.0983. The highest BCUT2D eigenvalue weighted by molar-refractivity contribution is 5.78. The van der Waals surface area contributed by atoms with Crippen molar-refractivity contribution in [2.75, 3.05) is 26.2 Å². The van der Waals surface area contributed by atoms with Crippen LogP contribution < -0.4 is 0 Å². The van der Waals surface area contributed by atoms with E-state index < -0.39 is 0 Å². The molecule has 0 aliphatic carbocycles. The van der Waals surface area contributed by atoms with Gasteiger partial charge in [0.1, 0.15) is 0 Å². The molecule has 2 aliphatic rings. The summed E-state index contributed by atoms with van der Waals surface area (Å²) >= 11 is 0. The first-order valence-corrected chi connectivity index (χ1v) is 9.14. The molecule has 3 nitrogen and oxygen atoms in total. The fourth-order valence-electron chi connectivity index (χ4n) is 4.07. The van der Waals surface area contributed by atoms with Crippen molar-refractivity contribution in [3.8, 4) is 0 Å². The van der Waals surface area contributed by atoms with E-state index in [4.69, 9.17) is 0 Å². The number of benzene rings is 1. The summed E-state index contributed by atoms with van der Waals surface area (Å²) in [5.41, 5.74) is 1.15. The zero-order valence-electron chi connectivity index (χ0n) is 14.6. The van der Waals surface area contributed by atoms with E-state index in [-0.39, 0.29) is 5.41 Å². The Kier molecular flexibility index (Phi) is 5.05. The molecular weight excluding hydrogens is 284 g/mol. The highest BCUT2D eigenvalue weighted by Gasteiger charge is 2.32. The van der Waals surface area contributed by atoms with Crippen LogP contribution in [-0.4, -0.2) is 47.9 Å². The molecule has 1 unspecified atom stereocenters. The number of nitrogens with zero attached hydrogens (tertiary/aromatic N) is 2. The molecule has 2 aliphatic heterocycles. The Bertz CT molecular complexity index is 520. The fraction of sp³-hybridized carbons (Fsp3) is 0.650. The Morgan fingerprint density at radius 1 is 1.09 bits per heavy atom. The third kappa shape index (κ3) is 3.95. The Balaban J connectivity index is 1.61. The number of amides is 1. The summed E-state index contributed by atoms with van der Waals surface area (Å²) in [6.45, 7) is 8.69. The van der Waals surface area contributed by atoms with Crippen LogP contribution in [-0.2, 0) is 10.2 Å². The molecule has 1 aromatic carbocycles. The lowest BCUT2D eigenvalue weighted by atomic mass is 9.81. The predicted molar refractivity (Wildman–Crippen MR) is 94.5 cm³/mol. The maximum atomic E-state index is 12.9. The quantitative estimate of drug-likeness (QED) is 0.850. The number of likely N-dealkylation sites (tertiary alicyclic amines) is 2. The second kappa shape index (κ2) is 7.04. The third-order valence-corrected chi connectivity index (χ3v) is 5.55. The Morgan fingerprint density at radius 3 is 2.48 bits per heavy atom. The zero-order valence-corrected chi connectivity index (χ0v) is 14.6. The van der Waals surface area contributed by atoms with Crippen LogP contribution in [0.25, 0.3) is 0 Å². The molecule has 23 heavy (non-hydrogen) atoms. The molecule has 3 rings (SSSR count). The van der Waals surface area contributed by atoms with Gasteiger partial charge in [0.15, 0.2) is 0 Å². The van der Waals surface area contributed by atoms with Crippen LogP contribution >= 0.6 is 0 Å². The molecule has 1 amide bonds. The minimum Gasteiger partial charge on any atom is -0.341 e. The SMILES string of the molecule is CC(C)(CC(=O)N1CCCC(N2CCCC2)C1)c1ccccc1. The molecule has 0 bridgehead atoms. The fourth-order valence-corrected chi connectivity index (χ4v) is 4.07. The lowest BCUT2D eigenvalue weighted by Gasteiger charge is -2.39. The van der Waals surface area contributed by atoms with Crippen LogP contribution in [0.1, 0.15) is 51.5 Å². The van der Waals surface area contributed by atoms with Gasteiger partial charge < -0.3 is 4.90 Å². The summed E-state index contributed by atoms with van der Waals surface area (Å²) in [6, 6.07) is 11.0. The van der Waals surface area contributed by atoms with E-state index in [9.17, 15) is 4.79 Å². The lowest BCUT2D eigenvalue weighted by Crippen LogP contribution is -2.49. The van der Waals surface area contributed by atoms with Crippen molar-refractivity contribution in [3.63, 3.8) is 0 Å². The predicted octanol–water partition coefficient (Wildman–Crippen LogP) is 3.44. The van der Waals surface area contributed by atoms with Gasteiger partial charge in [-0.3, -0.25) is 9.69 Å². The normalized spacial score (nSPS) is 23.2. The van der Waals surface area contributed by atoms with Gasteiger partial charge in [-0.2, -0.15) is 0 Å². The second-order valence-corrected chi connectivity index (χ2v) is 7.81. The van der Waals surface area contributed by atoms with Crippen molar-refractivity contribution < 1.29 is 4.79 Å². The maximum Gasteiger partial charge on any atom is 0.223 e. The largest absolute Gasteiger partial charge is 0.341 e. The Labute approximate surface area is 140 Å². The molecule has 2 heterocycles. The molecule has 0 saturated carbocycles. The first-order valence-electron chi connectivity index (χ1n) is 9.14. The summed E-state index contributed by atoms with van der Waals surface area (Å²) in [5.74, 6) is 0.322. The van der Waals surface area contributed by atoms with Crippen LogP contribution in [0.5, 0.6) is 0 Å². The van der Waals surface area contributed by atoms with Crippen LogP contribution in [0.2, 0.25) is 0 Å². The molecule has 0 aromatic heterocycles. The van der Waals surface area contributed by atoms with Crippen molar-refractivity contribution in [1.82, 2.24) is 9.80 Å². The molecule has 0 radical (unpaired) electrons. The standard InChI is InChI=1S/C20H30N2O/c1-20(2,17-9-4-3-5-10-17)15-19(23)22-14-8-11-18(16-22)21-12-6-7-13-21/h3-5,9-10,18H,6-8,11-16H2,1-2H3. The number of hydrogen-bond acceptors (Lipinski definition) is 2. The van der Waals surface area contributed by atoms with Crippen molar-refractivity contribution in [2.24, 2.45) is 0 Å². The number of piperidine rings is 1. The average Bonchev–Trinajstić information content (AvgIpc) is 3.10. The third-order valence-electron chi connectivity index (χ3n) is 5.55. The smallest absolute Gasteiger partial charge is 0.223 e. The van der Waals surface area contributed by atoms with E-state index in [0.717, 1.165) is 19.5 Å². The summed E-state index contributed by atoms with van der Waals surface area (Å²) in [4.78, 5) is 17.6. The molecule has 0 N–H and O–H groups in total. The summed E-state index contributed by atoms with van der Waals surface area (Å²) < 4.78 is 0. The number of carbonyl (C=O) groups is 1. The summed E-state index contributed by atoms with van der Waals surface area (Å²) in [6.07, 6.45) is 5.66. The maximum absolute atomic E-state index is 12.9. The van der Waals surface area contributed by atoms with Crippen molar-refractivity contribution >= 4 is 5.91 Å². The van der Waals surface area contributed by atoms with E-state index in [2.05, 4.69) is 47.9 Å². The number of rotatable bonds is 4. The van der Waals surface area contributed by atoms with Gasteiger partial charge in [-0.25, -0.2) is 0 Å². The van der Waals surface area contributed by atoms with E-state index in [1.165, 1.54) is 37.9 Å². The van der Waals surface area contributed by atoms with Crippen LogP contribution in [0.4, 0.5) is 0 Å². The topological polar surface area (TPSA) is 23.6 Å². The van der Waals surface area contributed by atoms with Gasteiger partial charge in [0.05, 0.1) is 0 Å². The summed E-state index contributed by atoms with van der Waals surface area (Å²) in [5, 5.41) is 0. The van der Waals surface area contributed by atoms with E-state index in [0.29, 0.717) is 18.4 Å². The van der Waals surface area contributed by atoms with Gasteiger partial charge in [-0.1, -0.05) is 44.2 Å². The summed E-state index contributed by atoms with van der Waals surface area (Å²) in [7, 11) is 0. The van der Waals surface area contributed by atoms with E-state index in [1.54, 1.807) is 0 Å². The highest BCUT2D eigenvalue weighted by Crippen LogP contribution is 2.29. The second-order valence-electron chi connectivity index (χ2n) is 7.81. The lowest BCUT2D eigenvalue weighted by molar-refractivity contribution is -0.134. The van der Waals surface area contributed by atoms with E-state index >= 15 is 0 Å². The Hall–Kier alpha value is -1.35. The van der Waals surface area contributed by atoms with Crippen molar-refractivity contribution in [2.45, 2.75) is 57.4 Å². The van der Waals surface area contributed by atoms with Crippen molar-refractivity contribution in [1.29, 1.82) is 0 Å². The molecule has 2 saturated heterocycles. The molecular formula is C20H30N2O. The molecule has 1 aromatic rings. The van der Waals surface area contributed by atoms with Gasteiger partial charge in [0, 0.05) is 25.6 Å². The zero-order chi connectivity index (χ0) is 16.3. The molecule has 0 spiro atoms. The van der Waals surface area contributed by atoms with Crippen LogP contribution in [0, 0.1) is 0 Å². The molecule has 2 fully saturated rings. The molecule has 3 heteroatoms. The van der Waals surface area contributed by atoms with Gasteiger partial charge in [-0.05, 0) is 49.8 Å². The monoisotopic (exact) mass is 314 g/mol. The van der Waals surface area contributed by atoms with Crippen molar-refractivity contribution in [3.05, 3.63) is 35.9 Å². The van der Waals surface area contributed by atoms with Gasteiger partial charge in [-0.15, -0.1) is 0 Å². The Morgan fingerprint density at radius 2 is 1.78 bits per heavy atom. The molecule has 126 valence electrons. The number of hydrogen-bond donors (Lipinski definition) is 0. The van der Waals surface area contributed by atoms with Crippen LogP contribution in [0.15, 0.2) is 30.3 Å². The van der Waals surface area contributed by atoms with Gasteiger partial charge >= 0.3 is 0 Å². The first kappa shape index (κ1) is 16.5. The van der Waals surface area contributed by atoms with Gasteiger partial charge in [0.25, 0.3) is 0 Å². The van der Waals surface area contributed by atoms with Gasteiger partial charge in [0.2, 0.25) is 5.91 Å². The van der Waals surface area contributed by atoms with E-state index in [1.807, 2.05) is 6.07 Å². The minimum atomic E-state index is -0.0983. The average molecular weight is 314 g/mol. The van der Waals surface area contributed by atoms with Crippen LogP contribution in [0.3, 0.4) is 0 Å². The first-order chi connectivity index (χ1) is 11.1.